The summed E-state index contributed by atoms with van der Waals surface area (Å²) in [6, 6.07) is 0. The third-order valence-corrected chi connectivity index (χ3v) is 4.80. The van der Waals surface area contributed by atoms with Gasteiger partial charge in [0.1, 0.15) is 11.6 Å². The molecule has 0 aromatic carbocycles. The summed E-state index contributed by atoms with van der Waals surface area (Å²) >= 11 is 0. The minimum atomic E-state index is 0.355. The van der Waals surface area contributed by atoms with Gasteiger partial charge >= 0.3 is 0 Å². The summed E-state index contributed by atoms with van der Waals surface area (Å²) in [4.78, 5) is 8.81. The van der Waals surface area contributed by atoms with Crippen molar-refractivity contribution in [2.75, 3.05) is 11.1 Å². The first-order valence-electron chi connectivity index (χ1n) is 8.61. The highest BCUT2D eigenvalue weighted by Gasteiger charge is 2.19. The number of hydrogen-bond acceptors (Lipinski definition) is 6. The van der Waals surface area contributed by atoms with Crippen molar-refractivity contribution < 1.29 is 0 Å². The smallest absolute Gasteiger partial charge is 0.222 e. The predicted octanol–water partition coefficient (Wildman–Crippen LogP) is 1.87. The van der Waals surface area contributed by atoms with Gasteiger partial charge in [0.15, 0.2) is 5.82 Å². The van der Waals surface area contributed by atoms with E-state index in [0.717, 1.165) is 49.0 Å². The summed E-state index contributed by atoms with van der Waals surface area (Å²) in [5.74, 6) is 3.33. The summed E-state index contributed by atoms with van der Waals surface area (Å²) < 4.78 is 2.26. The van der Waals surface area contributed by atoms with Crippen LogP contribution in [0.1, 0.15) is 55.0 Å². The molecule has 0 radical (unpaired) electrons. The van der Waals surface area contributed by atoms with Gasteiger partial charge in [-0.2, -0.15) is 4.98 Å². The number of hydrogen-bond donors (Lipinski definition) is 2. The van der Waals surface area contributed by atoms with E-state index in [9.17, 15) is 0 Å². The monoisotopic (exact) mass is 313 g/mol. The molecule has 3 heterocycles. The van der Waals surface area contributed by atoms with Gasteiger partial charge in [-0.1, -0.05) is 6.42 Å². The molecule has 4 rings (SSSR count). The normalized spacial score (nSPS) is 17.2. The van der Waals surface area contributed by atoms with Crippen molar-refractivity contribution in [2.45, 2.75) is 64.5 Å². The van der Waals surface area contributed by atoms with Crippen LogP contribution in [-0.4, -0.2) is 24.7 Å². The number of nitrogens with two attached hydrogens (primary N) is 1. The lowest BCUT2D eigenvalue weighted by Gasteiger charge is -2.19. The van der Waals surface area contributed by atoms with E-state index in [0.29, 0.717) is 12.5 Å². The molecule has 23 heavy (non-hydrogen) atoms. The van der Waals surface area contributed by atoms with E-state index in [1.165, 1.54) is 37.7 Å². The zero-order chi connectivity index (χ0) is 15.6. The first kappa shape index (κ1) is 14.4. The molecular formula is C16H23N7. The van der Waals surface area contributed by atoms with Crippen molar-refractivity contribution in [2.24, 2.45) is 0 Å². The highest BCUT2D eigenvalue weighted by atomic mass is 15.3. The third-order valence-electron chi connectivity index (χ3n) is 4.80. The molecule has 0 amide bonds. The molecule has 1 aliphatic heterocycles. The van der Waals surface area contributed by atoms with Crippen molar-refractivity contribution in [3.63, 3.8) is 0 Å². The van der Waals surface area contributed by atoms with Crippen molar-refractivity contribution in [3.05, 3.63) is 22.9 Å². The Bertz CT molecular complexity index is 707. The topological polar surface area (TPSA) is 94.5 Å². The lowest BCUT2D eigenvalue weighted by molar-refractivity contribution is 0.609. The number of rotatable bonds is 3. The highest BCUT2D eigenvalue weighted by molar-refractivity contribution is 5.50. The van der Waals surface area contributed by atoms with Crippen molar-refractivity contribution in [1.29, 1.82) is 0 Å². The van der Waals surface area contributed by atoms with E-state index >= 15 is 0 Å². The summed E-state index contributed by atoms with van der Waals surface area (Å²) in [5.41, 5.74) is 8.19. The predicted molar refractivity (Wildman–Crippen MR) is 88.0 cm³/mol. The van der Waals surface area contributed by atoms with Crippen LogP contribution in [0.15, 0.2) is 0 Å². The Morgan fingerprint density at radius 1 is 0.957 bits per heavy atom. The molecule has 0 bridgehead atoms. The second-order valence-corrected chi connectivity index (χ2v) is 6.41. The van der Waals surface area contributed by atoms with E-state index in [1.54, 1.807) is 0 Å². The average Bonchev–Trinajstić information content (AvgIpc) is 2.79. The van der Waals surface area contributed by atoms with Crippen LogP contribution < -0.4 is 11.1 Å². The van der Waals surface area contributed by atoms with E-state index in [2.05, 4.69) is 30.0 Å². The van der Waals surface area contributed by atoms with Crippen molar-refractivity contribution in [3.8, 4) is 0 Å². The Hall–Kier alpha value is -2.18. The second-order valence-electron chi connectivity index (χ2n) is 6.41. The standard InChI is InChI=1S/C16H23N7/c17-16-19-12-7-4-3-6-11(12)15(20-16)18-10-14-22-21-13-8-2-1-5-9-23(13)14/h1-10H2,(H3,17,18,19,20). The van der Waals surface area contributed by atoms with Gasteiger partial charge in [0.05, 0.1) is 12.2 Å². The first-order valence-corrected chi connectivity index (χ1v) is 8.61. The molecule has 0 fully saturated rings. The first-order chi connectivity index (χ1) is 11.3. The molecule has 0 saturated carbocycles. The summed E-state index contributed by atoms with van der Waals surface area (Å²) in [7, 11) is 0. The number of nitrogen functional groups attached to an aromatic ring is 1. The van der Waals surface area contributed by atoms with Gasteiger partial charge in [-0.3, -0.25) is 0 Å². The fourth-order valence-corrected chi connectivity index (χ4v) is 3.60. The second kappa shape index (κ2) is 6.14. The Labute approximate surface area is 135 Å². The van der Waals surface area contributed by atoms with Gasteiger partial charge < -0.3 is 15.6 Å². The molecule has 2 aromatic rings. The molecule has 0 unspecified atom stereocenters. The Morgan fingerprint density at radius 3 is 2.78 bits per heavy atom. The fraction of sp³-hybridized carbons (Fsp3) is 0.625. The van der Waals surface area contributed by atoms with Gasteiger partial charge in [0, 0.05) is 18.5 Å². The molecule has 7 nitrogen and oxygen atoms in total. The summed E-state index contributed by atoms with van der Waals surface area (Å²) in [6.45, 7) is 1.65. The molecule has 0 spiro atoms. The molecule has 2 aromatic heterocycles. The summed E-state index contributed by atoms with van der Waals surface area (Å²) in [6.07, 6.45) is 9.10. The number of nitrogens with one attached hydrogen (secondary N) is 1. The lowest BCUT2D eigenvalue weighted by atomic mass is 9.96. The van der Waals surface area contributed by atoms with Gasteiger partial charge in [-0.05, 0) is 38.5 Å². The largest absolute Gasteiger partial charge is 0.368 e. The maximum Gasteiger partial charge on any atom is 0.222 e. The number of aryl methyl sites for hydroxylation is 2. The van der Waals surface area contributed by atoms with Crippen LogP contribution in [0.4, 0.5) is 11.8 Å². The molecule has 122 valence electrons. The Balaban J connectivity index is 1.56. The molecule has 3 N–H and O–H groups in total. The zero-order valence-electron chi connectivity index (χ0n) is 13.4. The zero-order valence-corrected chi connectivity index (χ0v) is 13.4. The van der Waals surface area contributed by atoms with Crippen molar-refractivity contribution >= 4 is 11.8 Å². The highest BCUT2D eigenvalue weighted by Crippen LogP contribution is 2.26. The Kier molecular flexibility index (Phi) is 3.85. The van der Waals surface area contributed by atoms with Gasteiger partial charge in [0.2, 0.25) is 5.95 Å². The quantitative estimate of drug-likeness (QED) is 0.898. The molecule has 7 heteroatoms. The van der Waals surface area contributed by atoms with Gasteiger partial charge in [0.25, 0.3) is 0 Å². The van der Waals surface area contributed by atoms with E-state index in [-0.39, 0.29) is 0 Å². The van der Waals surface area contributed by atoms with Gasteiger partial charge in [-0.25, -0.2) is 4.98 Å². The van der Waals surface area contributed by atoms with Crippen LogP contribution in [0.25, 0.3) is 0 Å². The third kappa shape index (κ3) is 2.87. The van der Waals surface area contributed by atoms with Crippen LogP contribution in [0.5, 0.6) is 0 Å². The number of fused-ring (bicyclic) bond motifs is 2. The SMILES string of the molecule is Nc1nc2c(c(NCc3nnc4n3CCCCC4)n1)CCCC2. The van der Waals surface area contributed by atoms with E-state index in [4.69, 9.17) is 5.73 Å². The minimum absolute atomic E-state index is 0.355. The van der Waals surface area contributed by atoms with Crippen LogP contribution in [0, 0.1) is 0 Å². The van der Waals surface area contributed by atoms with Crippen LogP contribution in [0.3, 0.4) is 0 Å². The Morgan fingerprint density at radius 2 is 1.83 bits per heavy atom. The molecule has 2 aliphatic rings. The van der Waals surface area contributed by atoms with Crippen LogP contribution in [0.2, 0.25) is 0 Å². The number of nitrogens with zero attached hydrogens (tertiary/aromatic N) is 5. The van der Waals surface area contributed by atoms with E-state index < -0.39 is 0 Å². The lowest BCUT2D eigenvalue weighted by Crippen LogP contribution is -2.16. The maximum atomic E-state index is 5.87. The van der Waals surface area contributed by atoms with Crippen LogP contribution >= 0.6 is 0 Å². The minimum Gasteiger partial charge on any atom is -0.368 e. The fourth-order valence-electron chi connectivity index (χ4n) is 3.60. The number of aromatic nitrogens is 5. The van der Waals surface area contributed by atoms with E-state index in [1.807, 2.05) is 0 Å². The molecule has 0 atom stereocenters. The van der Waals surface area contributed by atoms with Crippen LogP contribution in [-0.2, 0) is 32.4 Å². The average molecular weight is 313 g/mol. The molecule has 1 aliphatic carbocycles. The summed E-state index contributed by atoms with van der Waals surface area (Å²) in [5, 5.41) is 12.1. The number of anilines is 2. The molecule has 0 saturated heterocycles. The maximum absolute atomic E-state index is 5.87. The van der Waals surface area contributed by atoms with Gasteiger partial charge in [-0.15, -0.1) is 10.2 Å². The van der Waals surface area contributed by atoms with Crippen molar-refractivity contribution in [1.82, 2.24) is 24.7 Å². The molecular weight excluding hydrogens is 290 g/mol.